The van der Waals surface area contributed by atoms with E-state index in [9.17, 15) is 26.4 Å². The van der Waals surface area contributed by atoms with Gasteiger partial charge in [-0.3, -0.25) is 4.79 Å². The molecule has 0 aliphatic carbocycles. The number of rotatable bonds is 6. The predicted octanol–water partition coefficient (Wildman–Crippen LogP) is 2.70. The molecule has 0 saturated carbocycles. The lowest BCUT2D eigenvalue weighted by molar-refractivity contribution is -0.137. The molecule has 0 saturated heterocycles. The SMILES string of the molecule is Cc1cc(C)n(-c2ccc(=O)n(CCNS(=O)(=O)c3cc(C(F)(F)F)ccc3Cl)n2)n1. The van der Waals surface area contributed by atoms with Crippen molar-refractivity contribution in [3.8, 4) is 5.82 Å². The quantitative estimate of drug-likeness (QED) is 0.591. The minimum absolute atomic E-state index is 0.165. The molecule has 1 N–H and O–H groups in total. The molecule has 8 nitrogen and oxygen atoms in total. The molecular weight excluding hydrogens is 459 g/mol. The van der Waals surface area contributed by atoms with E-state index in [1.807, 2.05) is 13.0 Å². The van der Waals surface area contributed by atoms with Crippen molar-refractivity contribution in [2.24, 2.45) is 0 Å². The van der Waals surface area contributed by atoms with Crippen molar-refractivity contribution in [3.63, 3.8) is 0 Å². The van der Waals surface area contributed by atoms with Gasteiger partial charge >= 0.3 is 6.18 Å². The average Bonchev–Trinajstić information content (AvgIpc) is 3.00. The molecular formula is C18H17ClF3N5O3S. The van der Waals surface area contributed by atoms with Gasteiger partial charge in [0.05, 0.1) is 22.8 Å². The molecule has 0 aliphatic heterocycles. The van der Waals surface area contributed by atoms with Crippen molar-refractivity contribution >= 4 is 21.6 Å². The van der Waals surface area contributed by atoms with Gasteiger partial charge in [-0.15, -0.1) is 5.10 Å². The van der Waals surface area contributed by atoms with E-state index in [4.69, 9.17) is 11.6 Å². The zero-order chi connectivity index (χ0) is 23.0. The number of sulfonamides is 1. The monoisotopic (exact) mass is 475 g/mol. The highest BCUT2D eigenvalue weighted by molar-refractivity contribution is 7.89. The van der Waals surface area contributed by atoms with Crippen molar-refractivity contribution in [3.05, 3.63) is 68.7 Å². The third-order valence-corrected chi connectivity index (χ3v) is 6.19. The van der Waals surface area contributed by atoms with E-state index in [1.54, 1.807) is 6.92 Å². The molecule has 0 spiro atoms. The van der Waals surface area contributed by atoms with E-state index < -0.39 is 32.2 Å². The Morgan fingerprint density at radius 2 is 1.81 bits per heavy atom. The summed E-state index contributed by atoms with van der Waals surface area (Å²) in [7, 11) is -4.37. The number of aryl methyl sites for hydroxylation is 2. The zero-order valence-corrected chi connectivity index (χ0v) is 17.9. The number of nitrogens with one attached hydrogen (secondary N) is 1. The summed E-state index contributed by atoms with van der Waals surface area (Å²) in [5, 5.41) is 8.08. The summed E-state index contributed by atoms with van der Waals surface area (Å²) in [5.41, 5.74) is -0.0906. The third kappa shape index (κ3) is 5.14. The standard InChI is InChI=1S/C18H17ClF3N5O3S/c1-11-9-12(2)27(24-11)16-5-6-17(28)26(25-16)8-7-23-31(29,30)15-10-13(18(20,21)22)3-4-14(15)19/h3-6,9-10,23H,7-8H2,1-2H3. The molecule has 0 fully saturated rings. The van der Waals surface area contributed by atoms with Crippen LogP contribution in [0.25, 0.3) is 5.82 Å². The average molecular weight is 476 g/mol. The molecule has 2 aromatic heterocycles. The van der Waals surface area contributed by atoms with Crippen LogP contribution in [0.3, 0.4) is 0 Å². The Labute approximate surface area is 180 Å². The zero-order valence-electron chi connectivity index (χ0n) is 16.3. The molecule has 2 heterocycles. The van der Waals surface area contributed by atoms with Gasteiger partial charge in [-0.25, -0.2) is 22.5 Å². The maximum absolute atomic E-state index is 12.9. The van der Waals surface area contributed by atoms with Crippen LogP contribution in [0.2, 0.25) is 5.02 Å². The second-order valence-electron chi connectivity index (χ2n) is 6.63. The molecule has 3 rings (SSSR count). The molecule has 0 unspecified atom stereocenters. The Kier molecular flexibility index (Phi) is 6.25. The highest BCUT2D eigenvalue weighted by Gasteiger charge is 2.32. The number of halogens is 4. The Balaban J connectivity index is 1.79. The lowest BCUT2D eigenvalue weighted by Crippen LogP contribution is -2.32. The van der Waals surface area contributed by atoms with Gasteiger partial charge in [-0.1, -0.05) is 11.6 Å². The molecule has 166 valence electrons. The first-order chi connectivity index (χ1) is 14.4. The normalized spacial score (nSPS) is 12.3. The Hall–Kier alpha value is -2.70. The lowest BCUT2D eigenvalue weighted by atomic mass is 10.2. The van der Waals surface area contributed by atoms with Gasteiger partial charge < -0.3 is 0 Å². The maximum Gasteiger partial charge on any atom is 0.416 e. The maximum atomic E-state index is 12.9. The van der Waals surface area contributed by atoms with E-state index in [2.05, 4.69) is 14.9 Å². The van der Waals surface area contributed by atoms with Gasteiger partial charge in [-0.2, -0.15) is 18.3 Å². The summed E-state index contributed by atoms with van der Waals surface area (Å²) in [5.74, 6) is 0.356. The minimum Gasteiger partial charge on any atom is -0.268 e. The van der Waals surface area contributed by atoms with Crippen molar-refractivity contribution < 1.29 is 21.6 Å². The molecule has 31 heavy (non-hydrogen) atoms. The number of alkyl halides is 3. The van der Waals surface area contributed by atoms with E-state index in [0.29, 0.717) is 18.0 Å². The Morgan fingerprint density at radius 3 is 2.42 bits per heavy atom. The van der Waals surface area contributed by atoms with E-state index >= 15 is 0 Å². The van der Waals surface area contributed by atoms with Crippen LogP contribution in [0.5, 0.6) is 0 Å². The molecule has 0 radical (unpaired) electrons. The molecule has 3 aromatic rings. The number of hydrogen-bond donors (Lipinski definition) is 1. The number of aromatic nitrogens is 4. The summed E-state index contributed by atoms with van der Waals surface area (Å²) in [6.45, 7) is 3.14. The summed E-state index contributed by atoms with van der Waals surface area (Å²) < 4.78 is 68.3. The summed E-state index contributed by atoms with van der Waals surface area (Å²) in [6.07, 6.45) is -4.73. The fraction of sp³-hybridized carbons (Fsp3) is 0.278. The lowest BCUT2D eigenvalue weighted by Gasteiger charge is -2.12. The highest BCUT2D eigenvalue weighted by atomic mass is 35.5. The van der Waals surface area contributed by atoms with Gasteiger partial charge in [0.15, 0.2) is 5.82 Å². The van der Waals surface area contributed by atoms with Gasteiger partial charge in [0.25, 0.3) is 5.56 Å². The van der Waals surface area contributed by atoms with Crippen molar-refractivity contribution in [1.29, 1.82) is 0 Å². The largest absolute Gasteiger partial charge is 0.416 e. The fourth-order valence-electron chi connectivity index (χ4n) is 2.82. The van der Waals surface area contributed by atoms with Gasteiger partial charge in [-0.05, 0) is 44.2 Å². The first kappa shape index (κ1) is 23.0. The van der Waals surface area contributed by atoms with Crippen LogP contribution < -0.4 is 10.3 Å². The fourth-order valence-corrected chi connectivity index (χ4v) is 4.37. The van der Waals surface area contributed by atoms with E-state index in [-0.39, 0.29) is 18.1 Å². The second kappa shape index (κ2) is 8.44. The molecule has 1 aromatic carbocycles. The molecule has 0 aliphatic rings. The Morgan fingerprint density at radius 1 is 1.10 bits per heavy atom. The van der Waals surface area contributed by atoms with Gasteiger partial charge in [0, 0.05) is 18.3 Å². The predicted molar refractivity (Wildman–Crippen MR) is 107 cm³/mol. The topological polar surface area (TPSA) is 98.9 Å². The van der Waals surface area contributed by atoms with Gasteiger partial charge in [0.1, 0.15) is 4.90 Å². The summed E-state index contributed by atoms with van der Waals surface area (Å²) in [6, 6.07) is 6.57. The Bertz CT molecular complexity index is 1290. The second-order valence-corrected chi connectivity index (χ2v) is 8.78. The van der Waals surface area contributed by atoms with E-state index in [0.717, 1.165) is 22.1 Å². The van der Waals surface area contributed by atoms with Crippen molar-refractivity contribution in [2.75, 3.05) is 6.54 Å². The van der Waals surface area contributed by atoms with Crippen LogP contribution in [-0.2, 0) is 22.7 Å². The molecule has 13 heteroatoms. The van der Waals surface area contributed by atoms with Crippen LogP contribution in [0.4, 0.5) is 13.2 Å². The molecule has 0 bridgehead atoms. The third-order valence-electron chi connectivity index (χ3n) is 4.24. The first-order valence-electron chi connectivity index (χ1n) is 8.87. The molecule has 0 atom stereocenters. The minimum atomic E-state index is -4.73. The smallest absolute Gasteiger partial charge is 0.268 e. The van der Waals surface area contributed by atoms with Crippen LogP contribution in [0.1, 0.15) is 17.0 Å². The van der Waals surface area contributed by atoms with Crippen LogP contribution >= 0.6 is 11.6 Å². The summed E-state index contributed by atoms with van der Waals surface area (Å²) >= 11 is 5.79. The van der Waals surface area contributed by atoms with Crippen LogP contribution in [0.15, 0.2) is 46.1 Å². The van der Waals surface area contributed by atoms with Crippen LogP contribution in [0, 0.1) is 13.8 Å². The molecule has 0 amide bonds. The summed E-state index contributed by atoms with van der Waals surface area (Å²) in [4.78, 5) is 11.4. The number of nitrogens with zero attached hydrogens (tertiary/aromatic N) is 4. The van der Waals surface area contributed by atoms with E-state index in [1.165, 1.54) is 16.8 Å². The highest BCUT2D eigenvalue weighted by Crippen LogP contribution is 2.33. The van der Waals surface area contributed by atoms with Gasteiger partial charge in [0.2, 0.25) is 10.0 Å². The number of hydrogen-bond acceptors (Lipinski definition) is 5. The van der Waals surface area contributed by atoms with Crippen molar-refractivity contribution in [1.82, 2.24) is 24.3 Å². The van der Waals surface area contributed by atoms with Crippen LogP contribution in [-0.4, -0.2) is 34.5 Å². The first-order valence-corrected chi connectivity index (χ1v) is 10.7. The van der Waals surface area contributed by atoms with Crippen molar-refractivity contribution in [2.45, 2.75) is 31.5 Å². The number of benzene rings is 1.